The molecule has 2 aromatic rings. The van der Waals surface area contributed by atoms with Crippen molar-refractivity contribution in [1.82, 2.24) is 5.32 Å². The molecule has 1 amide bonds. The number of ether oxygens (including phenoxy) is 1. The second-order valence-corrected chi connectivity index (χ2v) is 11.6. The summed E-state index contributed by atoms with van der Waals surface area (Å²) in [5.41, 5.74) is 6.10. The van der Waals surface area contributed by atoms with Crippen molar-refractivity contribution in [2.75, 3.05) is 7.11 Å². The number of fused-ring (bicyclic) bond motifs is 1. The summed E-state index contributed by atoms with van der Waals surface area (Å²) >= 11 is 6.25. The lowest BCUT2D eigenvalue weighted by molar-refractivity contribution is -0.115. The van der Waals surface area contributed by atoms with Crippen molar-refractivity contribution >= 4 is 40.3 Å². The van der Waals surface area contributed by atoms with Crippen LogP contribution >= 0.6 is 24.0 Å². The van der Waals surface area contributed by atoms with Crippen LogP contribution in [0.25, 0.3) is 17.2 Å². The van der Waals surface area contributed by atoms with Gasteiger partial charge in [0, 0.05) is 5.56 Å². The number of thiocarbonyl (C=S) groups is 1. The molecule has 2 aromatic carbocycles. The molecule has 32 heavy (non-hydrogen) atoms. The molecule has 168 valence electrons. The number of carbonyl (C=O) groups excluding carboxylic acids is 1. The van der Waals surface area contributed by atoms with Crippen LogP contribution in [0.1, 0.15) is 62.8 Å². The zero-order valence-electron chi connectivity index (χ0n) is 19.3. The fourth-order valence-electron chi connectivity index (χ4n) is 4.69. The summed E-state index contributed by atoms with van der Waals surface area (Å²) in [6.07, 6.45) is 3.90. The number of benzene rings is 2. The van der Waals surface area contributed by atoms with Crippen LogP contribution in [0.2, 0.25) is 0 Å². The van der Waals surface area contributed by atoms with E-state index < -0.39 is 5.82 Å². The number of nitrogens with one attached hydrogen (secondary N) is 1. The molecule has 3 nitrogen and oxygen atoms in total. The first-order valence-electron chi connectivity index (χ1n) is 10.7. The molecule has 0 radical (unpaired) electrons. The molecule has 0 spiro atoms. The van der Waals surface area contributed by atoms with E-state index in [0.717, 1.165) is 24.0 Å². The molecule has 1 aliphatic carbocycles. The molecule has 0 atom stereocenters. The molecule has 6 heteroatoms. The van der Waals surface area contributed by atoms with Crippen molar-refractivity contribution in [2.45, 2.75) is 58.3 Å². The summed E-state index contributed by atoms with van der Waals surface area (Å²) in [7, 11) is 1.49. The number of aryl methyl sites for hydroxylation is 1. The van der Waals surface area contributed by atoms with E-state index in [2.05, 4.69) is 52.1 Å². The van der Waals surface area contributed by atoms with Gasteiger partial charge in [-0.1, -0.05) is 57.7 Å². The highest BCUT2D eigenvalue weighted by Gasteiger charge is 2.37. The van der Waals surface area contributed by atoms with Crippen LogP contribution in [0.4, 0.5) is 4.39 Å². The molecule has 1 saturated heterocycles. The zero-order chi connectivity index (χ0) is 23.4. The van der Waals surface area contributed by atoms with Gasteiger partial charge in [-0.15, -0.1) is 0 Å². The lowest BCUT2D eigenvalue weighted by Gasteiger charge is -2.42. The molecule has 0 saturated carbocycles. The second kappa shape index (κ2) is 7.99. The third-order valence-electron chi connectivity index (χ3n) is 6.70. The molecule has 1 N–H and O–H groups in total. The quantitative estimate of drug-likeness (QED) is 0.404. The molecule has 0 unspecified atom stereocenters. The predicted molar refractivity (Wildman–Crippen MR) is 135 cm³/mol. The summed E-state index contributed by atoms with van der Waals surface area (Å²) in [5.74, 6) is -0.506. The maximum Gasteiger partial charge on any atom is 0.263 e. The van der Waals surface area contributed by atoms with E-state index in [4.69, 9.17) is 17.0 Å². The van der Waals surface area contributed by atoms with Gasteiger partial charge in [0.25, 0.3) is 5.91 Å². The smallest absolute Gasteiger partial charge is 0.263 e. The minimum atomic E-state index is -0.459. The highest BCUT2D eigenvalue weighted by molar-refractivity contribution is 8.26. The lowest BCUT2D eigenvalue weighted by Crippen LogP contribution is -2.34. The zero-order valence-corrected chi connectivity index (χ0v) is 20.9. The largest absolute Gasteiger partial charge is 0.493 e. The Morgan fingerprint density at radius 2 is 1.69 bits per heavy atom. The van der Waals surface area contributed by atoms with E-state index in [-0.39, 0.29) is 22.5 Å². The summed E-state index contributed by atoms with van der Waals surface area (Å²) in [6, 6.07) is 7.75. The average molecular weight is 470 g/mol. The van der Waals surface area contributed by atoms with Crippen LogP contribution < -0.4 is 10.1 Å². The number of thioether (sulfide) groups is 1. The first-order chi connectivity index (χ1) is 14.9. The lowest BCUT2D eigenvalue weighted by atomic mass is 9.62. The SMILES string of the molecule is COc1c(F)cc(/C=C2/SC(=S)NC2=O)cc1-c1cc2c(cc1C)C(C)(C)CCC2(C)C. The number of rotatable bonds is 3. The molecular formula is C26H28FNO2S2. The number of methoxy groups -OCH3 is 1. The minimum absolute atomic E-state index is 0.0347. The third-order valence-corrected chi connectivity index (χ3v) is 7.86. The van der Waals surface area contributed by atoms with E-state index in [9.17, 15) is 4.79 Å². The first-order valence-corrected chi connectivity index (χ1v) is 11.9. The Hall–Kier alpha value is -2.18. The van der Waals surface area contributed by atoms with Gasteiger partial charge in [-0.3, -0.25) is 4.79 Å². The van der Waals surface area contributed by atoms with E-state index in [0.29, 0.717) is 20.4 Å². The molecule has 1 heterocycles. The number of hydrogen-bond acceptors (Lipinski definition) is 4. The Labute approximate surface area is 198 Å². The summed E-state index contributed by atoms with van der Waals surface area (Å²) < 4.78 is 21.0. The molecule has 0 aromatic heterocycles. The van der Waals surface area contributed by atoms with Crippen LogP contribution in [0.3, 0.4) is 0 Å². The van der Waals surface area contributed by atoms with Gasteiger partial charge in [0.1, 0.15) is 4.32 Å². The summed E-state index contributed by atoms with van der Waals surface area (Å²) in [4.78, 5) is 12.5. The Morgan fingerprint density at radius 1 is 1.06 bits per heavy atom. The van der Waals surface area contributed by atoms with Crippen molar-refractivity contribution in [3.63, 3.8) is 0 Å². The van der Waals surface area contributed by atoms with Gasteiger partial charge < -0.3 is 10.1 Å². The number of halogens is 1. The van der Waals surface area contributed by atoms with Gasteiger partial charge in [0.05, 0.1) is 12.0 Å². The van der Waals surface area contributed by atoms with Gasteiger partial charge >= 0.3 is 0 Å². The predicted octanol–water partition coefficient (Wildman–Crippen LogP) is 6.65. The van der Waals surface area contributed by atoms with Crippen LogP contribution in [-0.2, 0) is 15.6 Å². The van der Waals surface area contributed by atoms with Gasteiger partial charge in [-0.2, -0.15) is 0 Å². The molecular weight excluding hydrogens is 441 g/mol. The molecule has 1 aliphatic heterocycles. The third kappa shape index (κ3) is 3.99. The Kier molecular flexibility index (Phi) is 5.74. The topological polar surface area (TPSA) is 38.3 Å². The van der Waals surface area contributed by atoms with Gasteiger partial charge in [-0.25, -0.2) is 4.39 Å². The van der Waals surface area contributed by atoms with Crippen LogP contribution in [0.5, 0.6) is 5.75 Å². The van der Waals surface area contributed by atoms with Crippen molar-refractivity contribution in [1.29, 1.82) is 0 Å². The molecule has 0 bridgehead atoms. The second-order valence-electron chi connectivity index (χ2n) is 9.92. The average Bonchev–Trinajstić information content (AvgIpc) is 3.01. The maximum atomic E-state index is 15.1. The molecule has 1 fully saturated rings. The van der Waals surface area contributed by atoms with Gasteiger partial charge in [0.15, 0.2) is 11.6 Å². The fourth-order valence-corrected chi connectivity index (χ4v) is 5.73. The summed E-state index contributed by atoms with van der Waals surface area (Å²) in [5, 5.41) is 2.60. The highest BCUT2D eigenvalue weighted by atomic mass is 32.2. The van der Waals surface area contributed by atoms with E-state index in [1.807, 2.05) is 6.07 Å². The van der Waals surface area contributed by atoms with E-state index in [1.165, 1.54) is 36.1 Å². The van der Waals surface area contributed by atoms with Crippen molar-refractivity contribution in [3.8, 4) is 16.9 Å². The Morgan fingerprint density at radius 3 is 2.25 bits per heavy atom. The number of hydrogen-bond donors (Lipinski definition) is 1. The maximum absolute atomic E-state index is 15.1. The van der Waals surface area contributed by atoms with Crippen molar-refractivity contribution < 1.29 is 13.9 Å². The normalized spacial score (nSPS) is 20.3. The fraction of sp³-hybridized carbons (Fsp3) is 0.385. The van der Waals surface area contributed by atoms with Crippen molar-refractivity contribution in [3.05, 3.63) is 57.2 Å². The minimum Gasteiger partial charge on any atom is -0.493 e. The van der Waals surface area contributed by atoms with Crippen molar-refractivity contribution in [2.24, 2.45) is 0 Å². The van der Waals surface area contributed by atoms with Gasteiger partial charge in [-0.05, 0) is 82.7 Å². The first kappa shape index (κ1) is 23.0. The molecule has 4 rings (SSSR count). The van der Waals surface area contributed by atoms with Crippen LogP contribution in [-0.4, -0.2) is 17.3 Å². The van der Waals surface area contributed by atoms with Crippen LogP contribution in [0, 0.1) is 12.7 Å². The Bertz CT molecular complexity index is 1180. The van der Waals surface area contributed by atoms with E-state index in [1.54, 1.807) is 6.08 Å². The number of carbonyl (C=O) groups is 1. The monoisotopic (exact) mass is 469 g/mol. The summed E-state index contributed by atoms with van der Waals surface area (Å²) in [6.45, 7) is 11.2. The highest BCUT2D eigenvalue weighted by Crippen LogP contribution is 2.48. The van der Waals surface area contributed by atoms with E-state index >= 15 is 4.39 Å². The molecule has 2 aliphatic rings. The van der Waals surface area contributed by atoms with Gasteiger partial charge in [0.2, 0.25) is 0 Å². The standard InChI is InChI=1S/C26H28FNO2S2/c1-14-9-18-19(26(4,5)8-7-25(18,2)3)13-16(14)17-10-15(11-20(27)22(17)30-6)12-21-23(29)28-24(31)32-21/h9-13H,7-8H2,1-6H3,(H,28,29,31)/b21-12+. The number of amides is 1. The van der Waals surface area contributed by atoms with Crippen LogP contribution in [0.15, 0.2) is 29.2 Å². The Balaban J connectivity index is 1.92.